The van der Waals surface area contributed by atoms with E-state index in [0.717, 1.165) is 12.8 Å². The maximum absolute atomic E-state index is 12.2. The second-order valence-electron chi connectivity index (χ2n) is 5.76. The van der Waals surface area contributed by atoms with Gasteiger partial charge in [0.05, 0.1) is 0 Å². The van der Waals surface area contributed by atoms with Crippen LogP contribution in [0, 0.1) is 11.8 Å². The number of oxime groups is 1. The van der Waals surface area contributed by atoms with E-state index < -0.39 is 0 Å². The number of aromatic nitrogens is 1. The Morgan fingerprint density at radius 1 is 1.43 bits per heavy atom. The van der Waals surface area contributed by atoms with Gasteiger partial charge in [-0.05, 0) is 30.4 Å². The molecule has 0 aliphatic heterocycles. The second kappa shape index (κ2) is 6.56. The fraction of sp³-hybridized carbons (Fsp3) is 0.533. The summed E-state index contributed by atoms with van der Waals surface area (Å²) < 4.78 is 0. The smallest absolute Gasteiger partial charge is 0.270 e. The van der Waals surface area contributed by atoms with Crippen LogP contribution < -0.4 is 11.1 Å². The highest BCUT2D eigenvalue weighted by Crippen LogP contribution is 2.29. The van der Waals surface area contributed by atoms with Gasteiger partial charge in [0, 0.05) is 17.8 Å². The molecule has 1 heterocycles. The molecular weight excluding hydrogens is 268 g/mol. The third-order valence-corrected chi connectivity index (χ3v) is 4.42. The summed E-state index contributed by atoms with van der Waals surface area (Å²) in [6, 6.07) is 3.40. The molecule has 3 atom stereocenters. The summed E-state index contributed by atoms with van der Waals surface area (Å²) in [5.74, 6) is 0.898. The highest BCUT2D eigenvalue weighted by Gasteiger charge is 2.28. The van der Waals surface area contributed by atoms with E-state index in [1.807, 2.05) is 0 Å². The largest absolute Gasteiger partial charge is 0.409 e. The second-order valence-corrected chi connectivity index (χ2v) is 5.76. The van der Waals surface area contributed by atoms with Gasteiger partial charge in [0.2, 0.25) is 0 Å². The van der Waals surface area contributed by atoms with E-state index in [1.54, 1.807) is 12.1 Å². The lowest BCUT2D eigenvalue weighted by Gasteiger charge is -2.34. The predicted molar refractivity (Wildman–Crippen MR) is 80.2 cm³/mol. The van der Waals surface area contributed by atoms with Gasteiger partial charge in [-0.3, -0.25) is 9.78 Å². The highest BCUT2D eigenvalue weighted by atomic mass is 16.4. The van der Waals surface area contributed by atoms with Gasteiger partial charge in [-0.1, -0.05) is 31.8 Å². The molecule has 0 radical (unpaired) electrons. The summed E-state index contributed by atoms with van der Waals surface area (Å²) in [6.45, 7) is 4.41. The van der Waals surface area contributed by atoms with Gasteiger partial charge in [-0.25, -0.2) is 0 Å². The van der Waals surface area contributed by atoms with Crippen molar-refractivity contribution in [3.63, 3.8) is 0 Å². The zero-order valence-electron chi connectivity index (χ0n) is 12.4. The van der Waals surface area contributed by atoms with Crippen molar-refractivity contribution >= 4 is 11.7 Å². The van der Waals surface area contributed by atoms with Gasteiger partial charge in [-0.15, -0.1) is 0 Å². The van der Waals surface area contributed by atoms with Gasteiger partial charge in [0.1, 0.15) is 5.69 Å². The Morgan fingerprint density at radius 2 is 2.19 bits per heavy atom. The molecule has 114 valence electrons. The number of carbonyl (C=O) groups excluding carboxylic acids is 1. The summed E-state index contributed by atoms with van der Waals surface area (Å²) in [6.07, 6.45) is 4.81. The molecule has 1 aromatic heterocycles. The van der Waals surface area contributed by atoms with E-state index in [2.05, 4.69) is 29.3 Å². The number of nitrogens with one attached hydrogen (secondary N) is 1. The van der Waals surface area contributed by atoms with Crippen LogP contribution in [0.4, 0.5) is 0 Å². The number of carbonyl (C=O) groups is 1. The van der Waals surface area contributed by atoms with Gasteiger partial charge in [-0.2, -0.15) is 0 Å². The zero-order valence-corrected chi connectivity index (χ0v) is 12.4. The van der Waals surface area contributed by atoms with Crippen LogP contribution in [0.3, 0.4) is 0 Å². The third kappa shape index (κ3) is 3.51. The molecule has 0 spiro atoms. The summed E-state index contributed by atoms with van der Waals surface area (Å²) in [5.41, 5.74) is 6.29. The van der Waals surface area contributed by atoms with E-state index in [9.17, 15) is 4.79 Å². The zero-order chi connectivity index (χ0) is 15.4. The fourth-order valence-electron chi connectivity index (χ4n) is 2.77. The number of nitrogens with two attached hydrogens (primary N) is 1. The molecule has 4 N–H and O–H groups in total. The third-order valence-electron chi connectivity index (χ3n) is 4.42. The highest BCUT2D eigenvalue weighted by molar-refractivity contribution is 5.98. The van der Waals surface area contributed by atoms with Crippen LogP contribution in [0.2, 0.25) is 0 Å². The van der Waals surface area contributed by atoms with E-state index in [-0.39, 0.29) is 17.8 Å². The first-order valence-corrected chi connectivity index (χ1v) is 7.27. The first kappa shape index (κ1) is 15.3. The lowest BCUT2D eigenvalue weighted by molar-refractivity contribution is 0.0886. The Balaban J connectivity index is 2.03. The van der Waals surface area contributed by atoms with Crippen LogP contribution in [0.25, 0.3) is 0 Å². The van der Waals surface area contributed by atoms with E-state index >= 15 is 0 Å². The minimum atomic E-state index is -0.174. The molecule has 1 fully saturated rings. The van der Waals surface area contributed by atoms with Crippen molar-refractivity contribution in [1.82, 2.24) is 10.3 Å². The Labute approximate surface area is 124 Å². The number of nitrogens with zero attached hydrogens (tertiary/aromatic N) is 2. The average Bonchev–Trinajstić information content (AvgIpc) is 2.51. The van der Waals surface area contributed by atoms with Crippen molar-refractivity contribution in [3.05, 3.63) is 29.6 Å². The Morgan fingerprint density at radius 3 is 2.81 bits per heavy atom. The summed E-state index contributed by atoms with van der Waals surface area (Å²) in [5, 5.41) is 14.6. The molecule has 21 heavy (non-hydrogen) atoms. The molecule has 3 unspecified atom stereocenters. The van der Waals surface area contributed by atoms with Crippen LogP contribution in [0.15, 0.2) is 23.5 Å². The molecule has 1 aromatic rings. The van der Waals surface area contributed by atoms with Crippen LogP contribution in [0.1, 0.15) is 49.2 Å². The Kier molecular flexibility index (Phi) is 4.77. The molecule has 6 heteroatoms. The molecule has 1 aliphatic rings. The number of hydrogen-bond donors (Lipinski definition) is 3. The standard InChI is InChI=1S/C15H22N4O2/c1-9-4-3-5-12(10(9)2)18-15(20)13-7-6-11(8-17-13)14(16)19-21/h6-10,12,21H,3-5H2,1-2H3,(H2,16,19)(H,18,20). The maximum atomic E-state index is 12.2. The lowest BCUT2D eigenvalue weighted by atomic mass is 9.78. The molecule has 0 saturated heterocycles. The summed E-state index contributed by atoms with van der Waals surface area (Å²) in [7, 11) is 0. The van der Waals surface area contributed by atoms with E-state index in [4.69, 9.17) is 10.9 Å². The van der Waals surface area contributed by atoms with Gasteiger partial charge >= 0.3 is 0 Å². The first-order valence-electron chi connectivity index (χ1n) is 7.27. The topological polar surface area (TPSA) is 101 Å². The van der Waals surface area contributed by atoms with E-state index in [1.165, 1.54) is 12.6 Å². The first-order chi connectivity index (χ1) is 10.0. The number of pyridine rings is 1. The van der Waals surface area contributed by atoms with Crippen LogP contribution in [-0.4, -0.2) is 28.0 Å². The van der Waals surface area contributed by atoms with Crippen molar-refractivity contribution < 1.29 is 10.0 Å². The Bertz CT molecular complexity index is 527. The molecule has 0 aromatic carbocycles. The SMILES string of the molecule is CC1CCCC(NC(=O)c2ccc(C(N)=NO)cn2)C1C. The Hall–Kier alpha value is -2.11. The number of hydrogen-bond acceptors (Lipinski definition) is 4. The fourth-order valence-corrected chi connectivity index (χ4v) is 2.77. The van der Waals surface area contributed by atoms with Crippen molar-refractivity contribution in [1.29, 1.82) is 0 Å². The quantitative estimate of drug-likeness (QED) is 0.341. The van der Waals surface area contributed by atoms with Gasteiger partial charge < -0.3 is 16.3 Å². The minimum absolute atomic E-state index is 0.0239. The van der Waals surface area contributed by atoms with Crippen LogP contribution in [0.5, 0.6) is 0 Å². The minimum Gasteiger partial charge on any atom is -0.409 e. The predicted octanol–water partition coefficient (Wildman–Crippen LogP) is 1.73. The maximum Gasteiger partial charge on any atom is 0.270 e. The summed E-state index contributed by atoms with van der Waals surface area (Å²) in [4.78, 5) is 16.3. The molecule has 1 amide bonds. The van der Waals surface area contributed by atoms with Gasteiger partial charge in [0.25, 0.3) is 5.91 Å². The number of amides is 1. The van der Waals surface area contributed by atoms with E-state index in [0.29, 0.717) is 23.1 Å². The average molecular weight is 290 g/mol. The number of rotatable bonds is 3. The van der Waals surface area contributed by atoms with Crippen molar-refractivity contribution in [2.75, 3.05) is 0 Å². The summed E-state index contributed by atoms with van der Waals surface area (Å²) >= 11 is 0. The van der Waals surface area contributed by atoms with Crippen LogP contribution >= 0.6 is 0 Å². The molecule has 1 aliphatic carbocycles. The van der Waals surface area contributed by atoms with Crippen molar-refractivity contribution in [2.45, 2.75) is 39.2 Å². The lowest BCUT2D eigenvalue weighted by Crippen LogP contribution is -2.43. The molecule has 1 saturated carbocycles. The van der Waals surface area contributed by atoms with Crippen LogP contribution in [-0.2, 0) is 0 Å². The monoisotopic (exact) mass is 290 g/mol. The molecule has 0 bridgehead atoms. The normalized spacial score (nSPS) is 26.4. The van der Waals surface area contributed by atoms with Crippen molar-refractivity contribution in [3.8, 4) is 0 Å². The van der Waals surface area contributed by atoms with Gasteiger partial charge in [0.15, 0.2) is 5.84 Å². The number of amidine groups is 1. The molecule has 6 nitrogen and oxygen atoms in total. The molecule has 2 rings (SSSR count). The van der Waals surface area contributed by atoms with Crippen molar-refractivity contribution in [2.24, 2.45) is 22.7 Å². The molecular formula is C15H22N4O2.